The van der Waals surface area contributed by atoms with Crippen molar-refractivity contribution in [1.29, 1.82) is 0 Å². The minimum Gasteiger partial charge on any atom is -0.483 e. The zero-order valence-corrected chi connectivity index (χ0v) is 20.4. The fourth-order valence-electron chi connectivity index (χ4n) is 6.91. The van der Waals surface area contributed by atoms with Crippen LogP contribution in [-0.2, 0) is 9.59 Å². The number of aromatic nitrogens is 1. The van der Waals surface area contributed by atoms with Crippen molar-refractivity contribution in [2.45, 2.75) is 63.5 Å². The van der Waals surface area contributed by atoms with Gasteiger partial charge in [0.1, 0.15) is 5.82 Å². The average Bonchev–Trinajstić information content (AvgIpc) is 3.57. The summed E-state index contributed by atoms with van der Waals surface area (Å²) in [6, 6.07) is 5.56. The predicted octanol–water partition coefficient (Wildman–Crippen LogP) is 2.81. The number of nitrogens with zero attached hydrogens (tertiary/aromatic N) is 4. The Morgan fingerprint density at radius 3 is 2.23 bits per heavy atom. The number of carbonyl (C=O) groups excluding carboxylic acids is 1. The number of carboxylic acid groups (broad SMARTS) is 2. The Kier molecular flexibility index (Phi) is 8.59. The molecule has 192 valence electrons. The Balaban J connectivity index is 0.000000440. The molecule has 2 N–H and O–H groups in total. The molecule has 2 bridgehead atoms. The van der Waals surface area contributed by atoms with Gasteiger partial charge in [0.2, 0.25) is 0 Å². The van der Waals surface area contributed by atoms with Crippen LogP contribution in [0.5, 0.6) is 0 Å². The van der Waals surface area contributed by atoms with Crippen LogP contribution in [0.3, 0.4) is 0 Å². The van der Waals surface area contributed by atoms with Crippen molar-refractivity contribution in [3.05, 3.63) is 23.9 Å². The van der Waals surface area contributed by atoms with E-state index in [4.69, 9.17) is 24.8 Å². The van der Waals surface area contributed by atoms with Crippen LogP contribution in [0.25, 0.3) is 0 Å². The average molecular weight is 487 g/mol. The van der Waals surface area contributed by atoms with Gasteiger partial charge in [-0.1, -0.05) is 6.42 Å². The summed E-state index contributed by atoms with van der Waals surface area (Å²) >= 11 is 0. The van der Waals surface area contributed by atoms with Crippen LogP contribution >= 0.6 is 0 Å². The van der Waals surface area contributed by atoms with E-state index in [-0.39, 0.29) is 18.9 Å². The molecule has 0 aromatic carbocycles. The van der Waals surface area contributed by atoms with Gasteiger partial charge >= 0.3 is 0 Å². The number of hydrogen-bond acceptors (Lipinski definition) is 6. The molecule has 35 heavy (non-hydrogen) atoms. The van der Waals surface area contributed by atoms with E-state index in [0.29, 0.717) is 0 Å². The van der Waals surface area contributed by atoms with Crippen molar-refractivity contribution in [3.8, 4) is 0 Å². The van der Waals surface area contributed by atoms with E-state index in [0.717, 1.165) is 80.2 Å². The number of fused-ring (bicyclic) bond motifs is 4. The second-order valence-corrected chi connectivity index (χ2v) is 10.5. The molecule has 5 heterocycles. The fourth-order valence-corrected chi connectivity index (χ4v) is 6.91. The topological polar surface area (TPSA) is 114 Å². The summed E-state index contributed by atoms with van der Waals surface area (Å²) in [5.41, 5.74) is 0.825. The molecule has 6 rings (SSSR count). The highest BCUT2D eigenvalue weighted by molar-refractivity contribution is 5.99. The van der Waals surface area contributed by atoms with Gasteiger partial charge in [0.25, 0.3) is 18.9 Å². The van der Waals surface area contributed by atoms with Crippen LogP contribution < -0.4 is 4.90 Å². The van der Waals surface area contributed by atoms with Gasteiger partial charge in [0.15, 0.2) is 0 Å². The molecule has 1 aromatic rings. The monoisotopic (exact) mass is 486 g/mol. The van der Waals surface area contributed by atoms with Crippen molar-refractivity contribution >= 4 is 24.7 Å². The van der Waals surface area contributed by atoms with Gasteiger partial charge in [-0.3, -0.25) is 19.3 Å². The Bertz CT molecular complexity index is 867. The lowest BCUT2D eigenvalue weighted by molar-refractivity contribution is -0.123. The summed E-state index contributed by atoms with van der Waals surface area (Å²) < 4.78 is 0. The number of anilines is 1. The number of pyridine rings is 1. The van der Waals surface area contributed by atoms with E-state index >= 15 is 0 Å². The first kappa shape index (κ1) is 25.4. The molecule has 1 saturated carbocycles. The number of piperidine rings is 3. The van der Waals surface area contributed by atoms with Crippen molar-refractivity contribution in [2.24, 2.45) is 17.8 Å². The molecule has 5 aliphatic rings. The van der Waals surface area contributed by atoms with E-state index < -0.39 is 0 Å². The molecule has 9 heteroatoms. The zero-order valence-electron chi connectivity index (χ0n) is 20.4. The number of rotatable bonds is 3. The number of hydrogen-bond donors (Lipinski definition) is 2. The summed E-state index contributed by atoms with van der Waals surface area (Å²) in [6.07, 6.45) is 12.6. The van der Waals surface area contributed by atoms with Crippen molar-refractivity contribution < 1.29 is 24.6 Å². The molecule has 0 spiro atoms. The SMILES string of the molecule is O=C(c1cccnc1N1C[C@@H]2C[C@H](C1)[C@@H]1CCC[C@H](C3CC3)N1C2)N1CCCC1.O=CO.O=CO. The molecular formula is C26H38N4O5. The van der Waals surface area contributed by atoms with Gasteiger partial charge < -0.3 is 20.0 Å². The van der Waals surface area contributed by atoms with E-state index in [1.165, 1.54) is 45.1 Å². The van der Waals surface area contributed by atoms with Gasteiger partial charge in [0, 0.05) is 51.0 Å². The first-order chi connectivity index (χ1) is 17.1. The summed E-state index contributed by atoms with van der Waals surface area (Å²) in [5, 5.41) is 13.8. The molecule has 1 aliphatic carbocycles. The lowest BCUT2D eigenvalue weighted by Gasteiger charge is -2.55. The van der Waals surface area contributed by atoms with E-state index in [1.54, 1.807) is 0 Å². The third-order valence-corrected chi connectivity index (χ3v) is 8.31. The normalized spacial score (nSPS) is 29.6. The Morgan fingerprint density at radius 1 is 0.914 bits per heavy atom. The summed E-state index contributed by atoms with van der Waals surface area (Å²) in [5.74, 6) is 3.59. The van der Waals surface area contributed by atoms with Crippen LogP contribution in [0.1, 0.15) is 61.7 Å². The second kappa shape index (κ2) is 11.8. The van der Waals surface area contributed by atoms with Gasteiger partial charge in [-0.2, -0.15) is 0 Å². The van der Waals surface area contributed by atoms with E-state index in [9.17, 15) is 4.79 Å². The molecule has 4 saturated heterocycles. The highest BCUT2D eigenvalue weighted by Gasteiger charge is 2.48. The molecule has 0 radical (unpaired) electrons. The summed E-state index contributed by atoms with van der Waals surface area (Å²) in [7, 11) is 0. The zero-order chi connectivity index (χ0) is 24.8. The molecule has 0 unspecified atom stereocenters. The minimum atomic E-state index is -0.250. The van der Waals surface area contributed by atoms with Crippen LogP contribution in [0.4, 0.5) is 5.82 Å². The second-order valence-electron chi connectivity index (χ2n) is 10.5. The number of amides is 1. The number of likely N-dealkylation sites (tertiary alicyclic amines) is 1. The maximum Gasteiger partial charge on any atom is 0.290 e. The first-order valence-electron chi connectivity index (χ1n) is 13.0. The van der Waals surface area contributed by atoms with Gasteiger partial charge in [-0.05, 0) is 74.8 Å². The standard InChI is InChI=1S/C24H34N4O.2CH2O2/c29-24(26-11-1-2-12-26)20-5-4-10-25-23(20)27-14-17-13-19(16-27)22-7-3-6-21(18-8-9-18)28(22)15-17;2*2-1-3/h4-5,10,17-19,21-22H,1-3,6-9,11-16H2;2*1H,(H,2,3)/t17-,19+,21+,22-;;/m0../s1. The summed E-state index contributed by atoms with van der Waals surface area (Å²) in [6.45, 7) is 4.71. The lowest BCUT2D eigenvalue weighted by Crippen LogP contribution is -2.62. The Hall–Kier alpha value is -2.68. The van der Waals surface area contributed by atoms with Gasteiger partial charge in [-0.15, -0.1) is 0 Å². The largest absolute Gasteiger partial charge is 0.483 e. The Morgan fingerprint density at radius 2 is 1.57 bits per heavy atom. The molecule has 1 amide bonds. The lowest BCUT2D eigenvalue weighted by atomic mass is 9.74. The van der Waals surface area contributed by atoms with Crippen LogP contribution in [0.2, 0.25) is 0 Å². The predicted molar refractivity (Wildman–Crippen MR) is 131 cm³/mol. The molecule has 5 fully saturated rings. The molecule has 9 nitrogen and oxygen atoms in total. The van der Waals surface area contributed by atoms with Crippen LogP contribution in [-0.4, -0.2) is 88.7 Å². The molecule has 4 aliphatic heterocycles. The highest BCUT2D eigenvalue weighted by Crippen LogP contribution is 2.46. The molecule has 1 aromatic heterocycles. The molecule has 4 atom stereocenters. The maximum absolute atomic E-state index is 13.2. The third-order valence-electron chi connectivity index (χ3n) is 8.31. The minimum absolute atomic E-state index is 0.189. The van der Waals surface area contributed by atoms with E-state index in [1.807, 2.05) is 23.2 Å². The van der Waals surface area contributed by atoms with Crippen LogP contribution in [0.15, 0.2) is 18.3 Å². The smallest absolute Gasteiger partial charge is 0.290 e. The van der Waals surface area contributed by atoms with Gasteiger partial charge in [-0.25, -0.2) is 4.98 Å². The number of carbonyl (C=O) groups is 3. The van der Waals surface area contributed by atoms with Crippen molar-refractivity contribution in [3.63, 3.8) is 0 Å². The Labute approximate surface area is 207 Å². The molecular weight excluding hydrogens is 448 g/mol. The first-order valence-corrected chi connectivity index (χ1v) is 13.0. The van der Waals surface area contributed by atoms with Gasteiger partial charge in [0.05, 0.1) is 5.56 Å². The van der Waals surface area contributed by atoms with E-state index in [2.05, 4.69) is 9.80 Å². The highest BCUT2D eigenvalue weighted by atomic mass is 16.3. The quantitative estimate of drug-likeness (QED) is 0.627. The maximum atomic E-state index is 13.2. The van der Waals surface area contributed by atoms with Crippen molar-refractivity contribution in [2.75, 3.05) is 37.6 Å². The van der Waals surface area contributed by atoms with Crippen LogP contribution in [0, 0.1) is 17.8 Å². The fraction of sp³-hybridized carbons (Fsp3) is 0.692. The summed E-state index contributed by atoms with van der Waals surface area (Å²) in [4.78, 5) is 42.1. The van der Waals surface area contributed by atoms with Crippen molar-refractivity contribution in [1.82, 2.24) is 14.8 Å². The third kappa shape index (κ3) is 5.77.